The van der Waals surface area contributed by atoms with Gasteiger partial charge in [-0.15, -0.1) is 0 Å². The molecule has 2 aromatic carbocycles. The first-order valence-corrected chi connectivity index (χ1v) is 6.18. The van der Waals surface area contributed by atoms with Crippen LogP contribution in [0, 0.1) is 0 Å². The van der Waals surface area contributed by atoms with Crippen LogP contribution in [-0.4, -0.2) is 10.2 Å². The fraction of sp³-hybridized carbons (Fsp3) is 0.0769. The van der Waals surface area contributed by atoms with Gasteiger partial charge in [-0.25, -0.2) is 0 Å². The highest BCUT2D eigenvalue weighted by atomic mass is 79.9. The molecule has 2 nitrogen and oxygen atoms in total. The number of phenolic OH excluding ortho intramolecular Hbond substituents is 2. The van der Waals surface area contributed by atoms with Crippen molar-refractivity contribution in [2.75, 3.05) is 0 Å². The van der Waals surface area contributed by atoms with E-state index in [1.54, 1.807) is 18.2 Å². The highest BCUT2D eigenvalue weighted by Gasteiger charge is 2.03. The van der Waals surface area contributed by atoms with Gasteiger partial charge in [-0.05, 0) is 57.7 Å². The van der Waals surface area contributed by atoms with Crippen LogP contribution in [0.4, 0.5) is 0 Å². The third-order valence-corrected chi connectivity index (χ3v) is 3.37. The topological polar surface area (TPSA) is 40.5 Å². The molecule has 0 aliphatic carbocycles. The van der Waals surface area contributed by atoms with Crippen molar-refractivity contribution in [3.05, 3.63) is 57.0 Å². The van der Waals surface area contributed by atoms with Gasteiger partial charge in [-0.1, -0.05) is 23.7 Å². The maximum absolute atomic E-state index is 9.39. The van der Waals surface area contributed by atoms with Crippen LogP contribution in [0.2, 0.25) is 5.02 Å². The number of aromatic hydroxyl groups is 2. The van der Waals surface area contributed by atoms with E-state index in [9.17, 15) is 10.2 Å². The molecule has 0 bridgehead atoms. The Hall–Kier alpha value is -1.19. The van der Waals surface area contributed by atoms with Gasteiger partial charge in [0.2, 0.25) is 0 Å². The van der Waals surface area contributed by atoms with E-state index in [4.69, 9.17) is 11.6 Å². The zero-order valence-corrected chi connectivity index (χ0v) is 11.2. The maximum atomic E-state index is 9.39. The van der Waals surface area contributed by atoms with Crippen molar-refractivity contribution in [1.29, 1.82) is 0 Å². The Morgan fingerprint density at radius 1 is 0.941 bits per heavy atom. The monoisotopic (exact) mass is 312 g/mol. The van der Waals surface area contributed by atoms with E-state index in [0.717, 1.165) is 11.1 Å². The smallest absolute Gasteiger partial charge is 0.134 e. The van der Waals surface area contributed by atoms with E-state index in [2.05, 4.69) is 15.9 Å². The number of phenols is 2. The summed E-state index contributed by atoms with van der Waals surface area (Å²) >= 11 is 9.11. The summed E-state index contributed by atoms with van der Waals surface area (Å²) in [5.74, 6) is 0.305. The predicted molar refractivity (Wildman–Crippen MR) is 71.7 cm³/mol. The van der Waals surface area contributed by atoms with Crippen molar-refractivity contribution < 1.29 is 10.2 Å². The molecule has 4 heteroatoms. The van der Waals surface area contributed by atoms with Crippen LogP contribution in [-0.2, 0) is 6.42 Å². The Morgan fingerprint density at radius 2 is 1.53 bits per heavy atom. The fourth-order valence-corrected chi connectivity index (χ4v) is 2.19. The molecule has 2 aromatic rings. The molecule has 88 valence electrons. The van der Waals surface area contributed by atoms with Crippen LogP contribution in [0.1, 0.15) is 11.1 Å². The van der Waals surface area contributed by atoms with Gasteiger partial charge in [0.05, 0.1) is 9.50 Å². The van der Waals surface area contributed by atoms with E-state index in [1.807, 2.05) is 18.2 Å². The minimum atomic E-state index is 0.0855. The zero-order chi connectivity index (χ0) is 12.4. The van der Waals surface area contributed by atoms with E-state index >= 15 is 0 Å². The molecular weight excluding hydrogens is 303 g/mol. The molecule has 0 atom stereocenters. The van der Waals surface area contributed by atoms with Gasteiger partial charge in [0, 0.05) is 0 Å². The number of rotatable bonds is 2. The molecule has 0 aliphatic rings. The van der Waals surface area contributed by atoms with Gasteiger partial charge in [-0.2, -0.15) is 0 Å². The van der Waals surface area contributed by atoms with E-state index in [1.165, 1.54) is 0 Å². The molecule has 0 radical (unpaired) electrons. The Morgan fingerprint density at radius 3 is 2.12 bits per heavy atom. The van der Waals surface area contributed by atoms with Gasteiger partial charge >= 0.3 is 0 Å². The summed E-state index contributed by atoms with van der Waals surface area (Å²) in [6, 6.07) is 10.5. The molecule has 0 fully saturated rings. The van der Waals surface area contributed by atoms with Crippen LogP contribution in [0.15, 0.2) is 40.9 Å². The molecule has 0 saturated heterocycles. The normalized spacial score (nSPS) is 10.5. The summed E-state index contributed by atoms with van der Waals surface area (Å²) < 4.78 is 0.667. The largest absolute Gasteiger partial charge is 0.507 e. The van der Waals surface area contributed by atoms with Crippen LogP contribution < -0.4 is 0 Å². The molecular formula is C13H10BrClO2. The molecule has 17 heavy (non-hydrogen) atoms. The van der Waals surface area contributed by atoms with E-state index in [0.29, 0.717) is 15.9 Å². The van der Waals surface area contributed by atoms with Gasteiger partial charge in [-0.3, -0.25) is 0 Å². The van der Waals surface area contributed by atoms with Gasteiger partial charge < -0.3 is 10.2 Å². The molecule has 2 rings (SSSR count). The van der Waals surface area contributed by atoms with E-state index in [-0.39, 0.29) is 11.5 Å². The lowest BCUT2D eigenvalue weighted by atomic mass is 10.0. The van der Waals surface area contributed by atoms with Gasteiger partial charge in [0.1, 0.15) is 11.5 Å². The first kappa shape index (κ1) is 12.3. The van der Waals surface area contributed by atoms with Crippen LogP contribution in [0.25, 0.3) is 0 Å². The standard InChI is InChI=1S/C13H10BrClO2/c14-10-6-8(1-3-12(10)16)5-9-2-4-13(17)11(15)7-9/h1-4,6-7,16-17H,5H2. The number of hydrogen-bond donors (Lipinski definition) is 2. The third-order valence-electron chi connectivity index (χ3n) is 2.43. The Balaban J connectivity index is 2.25. The van der Waals surface area contributed by atoms with Crippen molar-refractivity contribution in [1.82, 2.24) is 0 Å². The van der Waals surface area contributed by atoms with Gasteiger partial charge in [0.25, 0.3) is 0 Å². The second kappa shape index (κ2) is 4.98. The molecule has 0 aromatic heterocycles. The lowest BCUT2D eigenvalue weighted by Crippen LogP contribution is -1.88. The molecule has 0 saturated carbocycles. The summed E-state index contributed by atoms with van der Waals surface area (Å²) in [5, 5.41) is 19.1. The van der Waals surface area contributed by atoms with Crippen molar-refractivity contribution in [3.63, 3.8) is 0 Å². The SMILES string of the molecule is Oc1ccc(Cc2ccc(O)c(Br)c2)cc1Cl. The maximum Gasteiger partial charge on any atom is 0.134 e. The zero-order valence-electron chi connectivity index (χ0n) is 8.82. The fourth-order valence-electron chi connectivity index (χ4n) is 1.56. The summed E-state index contributed by atoms with van der Waals surface area (Å²) in [5.41, 5.74) is 2.06. The number of hydrogen-bond acceptors (Lipinski definition) is 2. The quantitative estimate of drug-likeness (QED) is 0.876. The minimum Gasteiger partial charge on any atom is -0.507 e. The van der Waals surface area contributed by atoms with Crippen LogP contribution in [0.5, 0.6) is 11.5 Å². The number of benzene rings is 2. The van der Waals surface area contributed by atoms with Gasteiger partial charge in [0.15, 0.2) is 0 Å². The molecule has 0 unspecified atom stereocenters. The average Bonchev–Trinajstić information content (AvgIpc) is 2.29. The van der Waals surface area contributed by atoms with Crippen LogP contribution in [0.3, 0.4) is 0 Å². The van der Waals surface area contributed by atoms with E-state index < -0.39 is 0 Å². The minimum absolute atomic E-state index is 0.0855. The summed E-state index contributed by atoms with van der Waals surface area (Å²) in [4.78, 5) is 0. The molecule has 0 amide bonds. The molecule has 2 N–H and O–H groups in total. The lowest BCUT2D eigenvalue weighted by Gasteiger charge is -2.05. The highest BCUT2D eigenvalue weighted by Crippen LogP contribution is 2.27. The summed E-state index contributed by atoms with van der Waals surface area (Å²) in [7, 11) is 0. The van der Waals surface area contributed by atoms with Crippen molar-refractivity contribution >= 4 is 27.5 Å². The third kappa shape index (κ3) is 2.93. The summed E-state index contributed by atoms with van der Waals surface area (Å²) in [6.45, 7) is 0. The average molecular weight is 314 g/mol. The van der Waals surface area contributed by atoms with Crippen molar-refractivity contribution in [3.8, 4) is 11.5 Å². The molecule has 0 spiro atoms. The second-order valence-corrected chi connectivity index (χ2v) is 5.01. The summed E-state index contributed by atoms with van der Waals surface area (Å²) in [6.07, 6.45) is 0.693. The Labute approximate surface area is 113 Å². The predicted octanol–water partition coefficient (Wildman–Crippen LogP) is 4.10. The van der Waals surface area contributed by atoms with Crippen LogP contribution >= 0.6 is 27.5 Å². The highest BCUT2D eigenvalue weighted by molar-refractivity contribution is 9.10. The molecule has 0 aliphatic heterocycles. The number of halogens is 2. The second-order valence-electron chi connectivity index (χ2n) is 3.75. The first-order chi connectivity index (χ1) is 8.06. The first-order valence-electron chi connectivity index (χ1n) is 5.01. The van der Waals surface area contributed by atoms with Crippen molar-refractivity contribution in [2.45, 2.75) is 6.42 Å². The lowest BCUT2D eigenvalue weighted by molar-refractivity contribution is 0.471. The molecule has 0 heterocycles. The Kier molecular flexibility index (Phi) is 3.60. The van der Waals surface area contributed by atoms with Crippen molar-refractivity contribution in [2.24, 2.45) is 0 Å². The Bertz CT molecular complexity index is 506.